The molecule has 0 aliphatic rings. The van der Waals surface area contributed by atoms with Crippen molar-refractivity contribution in [3.8, 4) is 5.75 Å². The summed E-state index contributed by atoms with van der Waals surface area (Å²) in [7, 11) is 2.99. The number of carbonyl (C=O) groups excluding carboxylic acids is 1. The van der Waals surface area contributed by atoms with E-state index in [0.717, 1.165) is 22.4 Å². The van der Waals surface area contributed by atoms with E-state index in [1.165, 1.54) is 7.11 Å². The van der Waals surface area contributed by atoms with E-state index in [1.54, 1.807) is 7.11 Å². The van der Waals surface area contributed by atoms with Gasteiger partial charge in [0.25, 0.3) is 0 Å². The minimum atomic E-state index is -0.751. The molecule has 0 saturated carbocycles. The Hall–Kier alpha value is -3.15. The highest BCUT2D eigenvalue weighted by Crippen LogP contribution is 2.24. The normalized spacial score (nSPS) is 13.8. The number of hydrogen-bond donors (Lipinski definition) is 2. The van der Waals surface area contributed by atoms with Crippen LogP contribution in [0.1, 0.15) is 22.7 Å². The van der Waals surface area contributed by atoms with Gasteiger partial charge in [-0.3, -0.25) is 10.1 Å². The molecule has 3 atom stereocenters. The van der Waals surface area contributed by atoms with Crippen LogP contribution in [0.15, 0.2) is 84.9 Å². The summed E-state index contributed by atoms with van der Waals surface area (Å²) in [4.78, 5) is 12.6. The molecular weight excluding hydrogens is 390 g/mol. The third-order valence-electron chi connectivity index (χ3n) is 5.30. The molecule has 3 aromatic carbocycles. The summed E-state index contributed by atoms with van der Waals surface area (Å²) in [5, 5.41) is 14.5. The Balaban J connectivity index is 1.87. The third-order valence-corrected chi connectivity index (χ3v) is 5.30. The summed E-state index contributed by atoms with van der Waals surface area (Å²) in [6.45, 7) is 0. The summed E-state index contributed by atoms with van der Waals surface area (Å²) in [6, 6.07) is 26.0. The van der Waals surface area contributed by atoms with Gasteiger partial charge in [0.15, 0.2) is 0 Å². The Bertz CT molecular complexity index is 929. The van der Waals surface area contributed by atoms with Gasteiger partial charge in [0.2, 0.25) is 0 Å². The molecule has 2 N–H and O–H groups in total. The molecule has 0 aliphatic heterocycles. The van der Waals surface area contributed by atoms with E-state index in [2.05, 4.69) is 5.32 Å². The first kappa shape index (κ1) is 22.5. The second-order valence-corrected chi connectivity index (χ2v) is 7.44. The smallest absolute Gasteiger partial charge is 0.323 e. The van der Waals surface area contributed by atoms with Crippen LogP contribution in [0.2, 0.25) is 0 Å². The van der Waals surface area contributed by atoms with Gasteiger partial charge < -0.3 is 14.6 Å². The largest absolute Gasteiger partial charge is 0.497 e. The minimum absolute atomic E-state index is 0.366. The maximum Gasteiger partial charge on any atom is 0.323 e. The minimum Gasteiger partial charge on any atom is -0.497 e. The van der Waals surface area contributed by atoms with Crippen LogP contribution in [-0.4, -0.2) is 37.4 Å². The zero-order valence-electron chi connectivity index (χ0n) is 17.9. The number of nitrogens with one attached hydrogen (secondary N) is 1. The number of methoxy groups -OCH3 is 2. The highest BCUT2D eigenvalue weighted by molar-refractivity contribution is 5.76. The van der Waals surface area contributed by atoms with Gasteiger partial charge in [0, 0.05) is 6.42 Å². The van der Waals surface area contributed by atoms with E-state index >= 15 is 0 Å². The summed E-state index contributed by atoms with van der Waals surface area (Å²) >= 11 is 0. The highest BCUT2D eigenvalue weighted by Gasteiger charge is 2.29. The molecule has 0 amide bonds. The zero-order valence-corrected chi connectivity index (χ0v) is 17.9. The topological polar surface area (TPSA) is 67.8 Å². The van der Waals surface area contributed by atoms with E-state index in [-0.39, 0.29) is 5.97 Å². The monoisotopic (exact) mass is 419 g/mol. The van der Waals surface area contributed by atoms with Gasteiger partial charge in [0.1, 0.15) is 11.8 Å². The second kappa shape index (κ2) is 11.3. The van der Waals surface area contributed by atoms with Crippen molar-refractivity contribution in [2.24, 2.45) is 0 Å². The fraction of sp³-hybridized carbons (Fsp3) is 0.269. The molecule has 0 spiro atoms. The lowest BCUT2D eigenvalue weighted by molar-refractivity contribution is -0.143. The summed E-state index contributed by atoms with van der Waals surface area (Å²) in [5.74, 6) is 0.364. The van der Waals surface area contributed by atoms with Crippen LogP contribution in [-0.2, 0) is 22.4 Å². The number of carbonyl (C=O) groups is 1. The molecule has 0 heterocycles. The maximum atomic E-state index is 12.6. The summed E-state index contributed by atoms with van der Waals surface area (Å²) < 4.78 is 10.3. The number of hydrogen-bond acceptors (Lipinski definition) is 5. The Morgan fingerprint density at radius 2 is 1.39 bits per heavy atom. The van der Waals surface area contributed by atoms with Crippen molar-refractivity contribution in [1.29, 1.82) is 0 Å². The Morgan fingerprint density at radius 3 is 1.90 bits per heavy atom. The lowest BCUT2D eigenvalue weighted by atomic mass is 9.94. The Morgan fingerprint density at radius 1 is 0.839 bits per heavy atom. The van der Waals surface area contributed by atoms with Gasteiger partial charge in [-0.15, -0.1) is 0 Å². The number of aliphatic hydroxyl groups is 1. The molecule has 0 radical (unpaired) electrons. The standard InChI is InChI=1S/C26H29NO4/c1-30-22-15-13-21(14-16-22)25(24(28)18-20-11-7-4-8-12-20)27-23(26(29)31-2)17-19-9-5-3-6-10-19/h3-16,23-25,27-28H,17-18H2,1-2H3/t23-,24-,25+/m0/s1. The number of benzene rings is 3. The van der Waals surface area contributed by atoms with Gasteiger partial charge in [-0.25, -0.2) is 0 Å². The fourth-order valence-corrected chi connectivity index (χ4v) is 3.63. The molecule has 5 nitrogen and oxygen atoms in total. The van der Waals surface area contributed by atoms with Gasteiger partial charge in [-0.2, -0.15) is 0 Å². The van der Waals surface area contributed by atoms with Crippen LogP contribution in [0.25, 0.3) is 0 Å². The second-order valence-electron chi connectivity index (χ2n) is 7.44. The molecule has 0 aliphatic carbocycles. The number of aliphatic hydroxyl groups excluding tert-OH is 1. The molecule has 162 valence electrons. The lowest BCUT2D eigenvalue weighted by Gasteiger charge is -2.29. The van der Waals surface area contributed by atoms with Crippen molar-refractivity contribution in [2.75, 3.05) is 14.2 Å². The SMILES string of the molecule is COC(=O)[C@H](Cc1ccccc1)N[C@H](c1ccc(OC)cc1)[C@@H](O)Cc1ccccc1. The first-order chi connectivity index (χ1) is 15.1. The van der Waals surface area contributed by atoms with Crippen molar-refractivity contribution in [2.45, 2.75) is 31.0 Å². The quantitative estimate of drug-likeness (QED) is 0.491. The van der Waals surface area contributed by atoms with Gasteiger partial charge >= 0.3 is 5.97 Å². The molecule has 0 unspecified atom stereocenters. The summed E-state index contributed by atoms with van der Waals surface area (Å²) in [6.07, 6.45) is 0.154. The van der Waals surface area contributed by atoms with E-state index in [1.807, 2.05) is 84.9 Å². The van der Waals surface area contributed by atoms with E-state index in [4.69, 9.17) is 9.47 Å². The zero-order chi connectivity index (χ0) is 22.1. The predicted molar refractivity (Wildman–Crippen MR) is 121 cm³/mol. The van der Waals surface area contributed by atoms with Crippen LogP contribution in [0.4, 0.5) is 0 Å². The van der Waals surface area contributed by atoms with Gasteiger partial charge in [-0.1, -0.05) is 72.8 Å². The van der Waals surface area contributed by atoms with E-state index < -0.39 is 18.2 Å². The van der Waals surface area contributed by atoms with Crippen LogP contribution in [0.5, 0.6) is 5.75 Å². The molecule has 5 heteroatoms. The predicted octanol–water partition coefficient (Wildman–Crippen LogP) is 3.71. The van der Waals surface area contributed by atoms with Gasteiger partial charge in [-0.05, 0) is 35.2 Å². The first-order valence-electron chi connectivity index (χ1n) is 10.3. The summed E-state index contributed by atoms with van der Waals surface area (Å²) in [5.41, 5.74) is 2.90. The van der Waals surface area contributed by atoms with Gasteiger partial charge in [0.05, 0.1) is 26.4 Å². The van der Waals surface area contributed by atoms with Crippen molar-refractivity contribution in [3.05, 3.63) is 102 Å². The molecule has 31 heavy (non-hydrogen) atoms. The molecular formula is C26H29NO4. The first-order valence-corrected chi connectivity index (χ1v) is 10.3. The van der Waals surface area contributed by atoms with Crippen LogP contribution >= 0.6 is 0 Å². The van der Waals surface area contributed by atoms with Crippen molar-refractivity contribution in [1.82, 2.24) is 5.32 Å². The molecule has 0 bridgehead atoms. The van der Waals surface area contributed by atoms with Crippen LogP contribution < -0.4 is 10.1 Å². The Labute approximate surface area is 183 Å². The molecule has 0 fully saturated rings. The third kappa shape index (κ3) is 6.41. The number of esters is 1. The average molecular weight is 420 g/mol. The van der Waals surface area contributed by atoms with Crippen molar-refractivity contribution in [3.63, 3.8) is 0 Å². The molecule has 3 rings (SSSR count). The average Bonchev–Trinajstić information content (AvgIpc) is 2.82. The van der Waals surface area contributed by atoms with E-state index in [9.17, 15) is 9.90 Å². The molecule has 0 saturated heterocycles. The van der Waals surface area contributed by atoms with Crippen molar-refractivity contribution >= 4 is 5.97 Å². The fourth-order valence-electron chi connectivity index (χ4n) is 3.63. The van der Waals surface area contributed by atoms with Crippen LogP contribution in [0.3, 0.4) is 0 Å². The molecule has 3 aromatic rings. The number of ether oxygens (including phenoxy) is 2. The maximum absolute atomic E-state index is 12.6. The highest BCUT2D eigenvalue weighted by atomic mass is 16.5. The van der Waals surface area contributed by atoms with Crippen LogP contribution in [0, 0.1) is 0 Å². The number of rotatable bonds is 10. The lowest BCUT2D eigenvalue weighted by Crippen LogP contribution is -2.45. The van der Waals surface area contributed by atoms with Crippen molar-refractivity contribution < 1.29 is 19.4 Å². The molecule has 0 aromatic heterocycles. The van der Waals surface area contributed by atoms with E-state index in [0.29, 0.717) is 12.8 Å². The Kier molecular flexibility index (Phi) is 8.21.